The molecule has 230 valence electrons. The molecule has 0 amide bonds. The molecule has 9 saturated carbocycles. The van der Waals surface area contributed by atoms with E-state index in [9.17, 15) is 0 Å². The van der Waals surface area contributed by atoms with Gasteiger partial charge in [-0.3, -0.25) is 0 Å². The van der Waals surface area contributed by atoms with E-state index in [-0.39, 0.29) is 0 Å². The molecule has 0 aliphatic heterocycles. The molecule has 1 heteroatoms. The first kappa shape index (κ1) is 27.3. The fourth-order valence-electron chi connectivity index (χ4n) is 15.8. The van der Waals surface area contributed by atoms with Gasteiger partial charge in [0.15, 0.2) is 0 Å². The van der Waals surface area contributed by atoms with E-state index in [0.717, 1.165) is 101 Å². The first-order valence-corrected chi connectivity index (χ1v) is 19.7. The van der Waals surface area contributed by atoms with Gasteiger partial charge in [0.05, 0.1) is 0 Å². The number of fused-ring (bicyclic) bond motifs is 8. The minimum absolute atomic E-state index is 0.904. The third-order valence-electron chi connectivity index (χ3n) is 17.3. The van der Waals surface area contributed by atoms with Crippen LogP contribution in [0.3, 0.4) is 0 Å². The van der Waals surface area contributed by atoms with Crippen LogP contribution in [-0.2, 0) is 0 Å². The average molecular weight is 560 g/mol. The van der Waals surface area contributed by atoms with Gasteiger partial charge in [-0.25, -0.2) is 0 Å². The van der Waals surface area contributed by atoms with Crippen LogP contribution in [0.1, 0.15) is 135 Å². The summed E-state index contributed by atoms with van der Waals surface area (Å²) in [4.78, 5) is 2.77. The van der Waals surface area contributed by atoms with Crippen molar-refractivity contribution < 1.29 is 0 Å². The molecular weight excluding hydrogens is 494 g/mol. The average Bonchev–Trinajstić information content (AvgIpc) is 2.97. The molecule has 1 nitrogen and oxygen atoms in total. The predicted molar refractivity (Wildman–Crippen MR) is 170 cm³/mol. The van der Waals surface area contributed by atoms with Crippen LogP contribution in [0.25, 0.3) is 0 Å². The van der Waals surface area contributed by atoms with E-state index >= 15 is 0 Å². The Kier molecular flexibility index (Phi) is 7.18. The maximum absolute atomic E-state index is 2.77. The Bertz CT molecular complexity index is 939. The Morgan fingerprint density at radius 3 is 0.927 bits per heavy atom. The molecule has 0 saturated heterocycles. The van der Waals surface area contributed by atoms with Crippen LogP contribution >= 0.6 is 0 Å². The third-order valence-corrected chi connectivity index (χ3v) is 17.3. The first-order chi connectivity index (χ1) is 20.1. The van der Waals surface area contributed by atoms with Crippen molar-refractivity contribution in [1.82, 2.24) is 4.90 Å². The van der Waals surface area contributed by atoms with Crippen LogP contribution in [0.5, 0.6) is 0 Å². The fraction of sp³-hybridized carbons (Fsp3) is 1.00. The first-order valence-electron chi connectivity index (χ1n) is 19.7. The van der Waals surface area contributed by atoms with E-state index in [1.165, 1.54) is 6.42 Å². The summed E-state index contributed by atoms with van der Waals surface area (Å²) < 4.78 is 0. The largest absolute Gasteiger partial charge is 0.306 e. The quantitative estimate of drug-likeness (QED) is 0.309. The SMILES string of the molecule is CN(C)C1C2CC3CCCCC3CC2CC2CC3CC4CC5CC6CC7CCCCC7CC6CC5CC4CC3CC21. The van der Waals surface area contributed by atoms with Crippen molar-refractivity contribution >= 4 is 0 Å². The Hall–Kier alpha value is -0.0400. The molecule has 41 heavy (non-hydrogen) atoms. The van der Waals surface area contributed by atoms with Crippen molar-refractivity contribution in [2.24, 2.45) is 94.7 Å². The summed E-state index contributed by atoms with van der Waals surface area (Å²) in [6.07, 6.45) is 33.9. The minimum Gasteiger partial charge on any atom is -0.306 e. The minimum atomic E-state index is 0.904. The van der Waals surface area contributed by atoms with Gasteiger partial charge in [0, 0.05) is 6.04 Å². The Balaban J connectivity index is 0.890. The summed E-state index contributed by atoms with van der Waals surface area (Å²) in [5.41, 5.74) is 0. The molecule has 0 radical (unpaired) electrons. The molecule has 9 aliphatic carbocycles. The van der Waals surface area contributed by atoms with E-state index < -0.39 is 0 Å². The van der Waals surface area contributed by atoms with Crippen molar-refractivity contribution in [3.8, 4) is 0 Å². The summed E-state index contributed by atoms with van der Waals surface area (Å²) in [6, 6.07) is 0.904. The smallest absolute Gasteiger partial charge is 0.0151 e. The second kappa shape index (κ2) is 10.8. The summed E-state index contributed by atoms with van der Waals surface area (Å²) in [5, 5.41) is 0. The lowest BCUT2D eigenvalue weighted by Crippen LogP contribution is -2.57. The van der Waals surface area contributed by atoms with E-state index in [0.29, 0.717) is 0 Å². The molecule has 0 aromatic heterocycles. The topological polar surface area (TPSA) is 3.24 Å². The summed E-state index contributed by atoms with van der Waals surface area (Å²) in [7, 11) is 4.97. The van der Waals surface area contributed by atoms with Crippen LogP contribution in [0, 0.1) is 94.7 Å². The molecule has 9 aliphatic rings. The molecule has 17 unspecified atom stereocenters. The van der Waals surface area contributed by atoms with E-state index in [4.69, 9.17) is 0 Å². The second-order valence-electron chi connectivity index (χ2n) is 19.1. The number of rotatable bonds is 1. The summed E-state index contributed by atoms with van der Waals surface area (Å²) in [6.45, 7) is 0. The molecule has 0 bridgehead atoms. The van der Waals surface area contributed by atoms with E-state index in [2.05, 4.69) is 19.0 Å². The normalized spacial score (nSPS) is 57.9. The molecule has 9 rings (SSSR count). The van der Waals surface area contributed by atoms with Crippen LogP contribution in [-0.4, -0.2) is 25.0 Å². The number of nitrogens with zero attached hydrogens (tertiary/aromatic N) is 1. The van der Waals surface area contributed by atoms with E-state index in [1.807, 2.05) is 0 Å². The Morgan fingerprint density at radius 1 is 0.293 bits per heavy atom. The highest BCUT2D eigenvalue weighted by Crippen LogP contribution is 2.63. The molecule has 0 aromatic rings. The maximum Gasteiger partial charge on any atom is 0.0151 e. The van der Waals surface area contributed by atoms with Gasteiger partial charge >= 0.3 is 0 Å². The number of hydrogen-bond donors (Lipinski definition) is 0. The zero-order valence-corrected chi connectivity index (χ0v) is 27.1. The highest BCUT2D eigenvalue weighted by atomic mass is 15.1. The third kappa shape index (κ3) is 4.76. The fourth-order valence-corrected chi connectivity index (χ4v) is 15.8. The van der Waals surface area contributed by atoms with E-state index in [1.54, 1.807) is 128 Å². The van der Waals surface area contributed by atoms with Gasteiger partial charge in [-0.2, -0.15) is 0 Å². The van der Waals surface area contributed by atoms with Gasteiger partial charge in [0.25, 0.3) is 0 Å². The summed E-state index contributed by atoms with van der Waals surface area (Å²) in [5.74, 6) is 17.6. The van der Waals surface area contributed by atoms with Crippen molar-refractivity contribution in [2.75, 3.05) is 14.1 Å². The highest BCUT2D eigenvalue weighted by Gasteiger charge is 2.55. The van der Waals surface area contributed by atoms with Gasteiger partial charge in [-0.15, -0.1) is 0 Å². The maximum atomic E-state index is 2.77. The zero-order chi connectivity index (χ0) is 27.2. The van der Waals surface area contributed by atoms with Crippen LogP contribution in [0.2, 0.25) is 0 Å². The predicted octanol–water partition coefficient (Wildman–Crippen LogP) is 10.1. The van der Waals surface area contributed by atoms with Crippen molar-refractivity contribution in [3.63, 3.8) is 0 Å². The lowest BCUT2D eigenvalue weighted by Gasteiger charge is -2.60. The number of hydrogen-bond acceptors (Lipinski definition) is 1. The lowest BCUT2D eigenvalue weighted by atomic mass is 9.47. The van der Waals surface area contributed by atoms with Crippen LogP contribution in [0.15, 0.2) is 0 Å². The van der Waals surface area contributed by atoms with Crippen molar-refractivity contribution in [2.45, 2.75) is 141 Å². The molecule has 17 atom stereocenters. The molecule has 0 heterocycles. The van der Waals surface area contributed by atoms with Gasteiger partial charge in [-0.05, 0) is 192 Å². The van der Waals surface area contributed by atoms with Crippen molar-refractivity contribution in [3.05, 3.63) is 0 Å². The second-order valence-corrected chi connectivity index (χ2v) is 19.1. The van der Waals surface area contributed by atoms with Crippen LogP contribution < -0.4 is 0 Å². The summed E-state index contributed by atoms with van der Waals surface area (Å²) >= 11 is 0. The van der Waals surface area contributed by atoms with Gasteiger partial charge in [0.1, 0.15) is 0 Å². The zero-order valence-electron chi connectivity index (χ0n) is 27.1. The van der Waals surface area contributed by atoms with Crippen LogP contribution in [0.4, 0.5) is 0 Å². The molecular formula is C40H65N. The van der Waals surface area contributed by atoms with Crippen molar-refractivity contribution in [1.29, 1.82) is 0 Å². The monoisotopic (exact) mass is 560 g/mol. The molecule has 0 N–H and O–H groups in total. The lowest BCUT2D eigenvalue weighted by molar-refractivity contribution is -0.103. The Morgan fingerprint density at radius 2 is 0.537 bits per heavy atom. The van der Waals surface area contributed by atoms with Gasteiger partial charge in [0.2, 0.25) is 0 Å². The molecule has 0 aromatic carbocycles. The van der Waals surface area contributed by atoms with Gasteiger partial charge in [-0.1, -0.05) is 51.4 Å². The standard InChI is InChI=1S/C40H65N/c1-41(2)40-38-22-27-10-6-5-9-26(27)13-36(38)21-37-20-34-18-32-16-30-14-28-11-24-7-3-4-8-25(24)12-29(28)15-31(30)17-33(32)19-35(34)23-39(37)40/h24-40H,3-23H2,1-2H3. The Labute approximate surface area is 254 Å². The molecule has 9 fully saturated rings. The van der Waals surface area contributed by atoms with Gasteiger partial charge < -0.3 is 4.90 Å². The highest BCUT2D eigenvalue weighted by molar-refractivity contribution is 5.06. The molecule has 0 spiro atoms.